The van der Waals surface area contributed by atoms with Gasteiger partial charge in [0.1, 0.15) is 11.7 Å². The number of carboxylic acid groups (broad SMARTS) is 1. The molecule has 1 unspecified atom stereocenters. The van der Waals surface area contributed by atoms with Crippen LogP contribution in [0.15, 0.2) is 30.5 Å². The number of quaternary nitrogens is 1. The van der Waals surface area contributed by atoms with E-state index in [4.69, 9.17) is 30.2 Å². The zero-order chi connectivity index (χ0) is 36.6. The summed E-state index contributed by atoms with van der Waals surface area (Å²) >= 11 is 0. The molecule has 5 nitrogen and oxygen atoms in total. The molecule has 124 valence electrons. The summed E-state index contributed by atoms with van der Waals surface area (Å²) in [4.78, 5) is 17.0. The standard InChI is InChI=1S/C18H25N3O2/c1-18(2,3)21(17(22)23)11-7-5-8-15(21)12-14-13-20-10-6-4-9-16(20)19-14/h4,6,9-10,13,15H,5,7-8,11-12H2,1-3H3/t15-,21?/m0/s1/i1D,2D3,3D3,4D,5D2,6D,7D2,8D2,9D,10D,11D2,12D2,13D,15D. The highest BCUT2D eigenvalue weighted by Crippen LogP contribution is 2.36. The Hall–Kier alpha value is -1.88. The maximum atomic E-state index is 13.4. The van der Waals surface area contributed by atoms with Gasteiger partial charge in [0.15, 0.2) is 0 Å². The van der Waals surface area contributed by atoms with Gasteiger partial charge < -0.3 is 14.3 Å². The zero-order valence-corrected chi connectivity index (χ0v) is 11.4. The zero-order valence-electron chi connectivity index (χ0n) is 34.4. The van der Waals surface area contributed by atoms with Crippen LogP contribution in [0.2, 0.25) is 0 Å². The molecular weight excluding hydrogens is 290 g/mol. The molecule has 2 aromatic rings. The molecule has 2 aromatic heterocycles. The fourth-order valence-corrected chi connectivity index (χ4v) is 1.88. The minimum absolute atomic E-state index is 0.194. The summed E-state index contributed by atoms with van der Waals surface area (Å²) in [6, 6.07) is -8.30. The Morgan fingerprint density at radius 2 is 2.57 bits per heavy atom. The summed E-state index contributed by atoms with van der Waals surface area (Å²) in [5.41, 5.74) is -7.49. The minimum atomic E-state index is -5.17. The number of amides is 1. The topological polar surface area (TPSA) is 57.4 Å². The van der Waals surface area contributed by atoms with Gasteiger partial charge in [0, 0.05) is 45.7 Å². The van der Waals surface area contributed by atoms with Crippen LogP contribution in [0.5, 0.6) is 0 Å². The summed E-state index contributed by atoms with van der Waals surface area (Å²) in [5, 5.41) is 13.4. The minimum Gasteiger partial charge on any atom is -0.498 e. The predicted molar refractivity (Wildman–Crippen MR) is 86.8 cm³/mol. The van der Waals surface area contributed by atoms with Crippen LogP contribution in [0.3, 0.4) is 0 Å². The first kappa shape index (κ1) is 4.02. The molecule has 0 N–H and O–H groups in total. The Bertz CT molecular complexity index is 1590. The molecule has 0 bridgehead atoms. The Kier molecular flexibility index (Phi) is 0.985. The molecule has 0 aromatic carbocycles. The average molecular weight is 339 g/mol. The van der Waals surface area contributed by atoms with Gasteiger partial charge in [-0.15, -0.1) is 0 Å². The molecule has 1 amide bonds. The fourth-order valence-electron chi connectivity index (χ4n) is 1.88. The van der Waals surface area contributed by atoms with Gasteiger partial charge in [0.05, 0.1) is 28.7 Å². The lowest BCUT2D eigenvalue weighted by molar-refractivity contribution is -0.945. The van der Waals surface area contributed by atoms with E-state index in [9.17, 15) is 11.3 Å². The molecule has 3 heterocycles. The van der Waals surface area contributed by atoms with Gasteiger partial charge in [0.25, 0.3) is 6.09 Å². The molecule has 0 saturated carbocycles. The molecule has 0 spiro atoms. The quantitative estimate of drug-likeness (QED) is 0.790. The summed E-state index contributed by atoms with van der Waals surface area (Å²) in [6.45, 7) is -16.5. The van der Waals surface area contributed by atoms with Crippen LogP contribution in [0.25, 0.3) is 5.65 Å². The Morgan fingerprint density at radius 3 is 3.30 bits per heavy atom. The van der Waals surface area contributed by atoms with E-state index in [0.29, 0.717) is 0 Å². The van der Waals surface area contributed by atoms with Crippen molar-refractivity contribution in [3.05, 3.63) is 36.2 Å². The molecule has 23 heavy (non-hydrogen) atoms. The van der Waals surface area contributed by atoms with Crippen molar-refractivity contribution >= 4 is 11.7 Å². The van der Waals surface area contributed by atoms with E-state index in [1.807, 2.05) is 0 Å². The van der Waals surface area contributed by atoms with E-state index in [1.165, 1.54) is 0 Å². The van der Waals surface area contributed by atoms with Crippen molar-refractivity contribution in [1.29, 1.82) is 0 Å². The lowest BCUT2D eigenvalue weighted by Gasteiger charge is -2.54. The molecule has 3 rings (SSSR count). The van der Waals surface area contributed by atoms with E-state index in [-0.39, 0.29) is 4.40 Å². The molecule has 5 heteroatoms. The van der Waals surface area contributed by atoms with E-state index in [1.54, 1.807) is 0 Å². The van der Waals surface area contributed by atoms with E-state index in [2.05, 4.69) is 4.98 Å². The second kappa shape index (κ2) is 5.64. The van der Waals surface area contributed by atoms with Crippen molar-refractivity contribution in [1.82, 2.24) is 9.38 Å². The molecule has 0 aliphatic carbocycles. The number of likely N-dealkylation sites (tertiary alicyclic amines) is 1. The van der Waals surface area contributed by atoms with Crippen LogP contribution < -0.4 is 5.11 Å². The van der Waals surface area contributed by atoms with Gasteiger partial charge in [-0.05, 0) is 45.4 Å². The van der Waals surface area contributed by atoms with Crippen LogP contribution in [0, 0.1) is 0 Å². The molecule has 1 aliphatic heterocycles. The number of piperidine rings is 1. The number of hydrogen-bond donors (Lipinski definition) is 0. The highest BCUT2D eigenvalue weighted by molar-refractivity contribution is 5.55. The van der Waals surface area contributed by atoms with Gasteiger partial charge in [0.2, 0.25) is 0 Å². The largest absolute Gasteiger partial charge is 0.498 e. The lowest BCUT2D eigenvalue weighted by Crippen LogP contribution is -2.73. The van der Waals surface area contributed by atoms with Crippen LogP contribution in [0.1, 0.15) is 76.9 Å². The van der Waals surface area contributed by atoms with Gasteiger partial charge >= 0.3 is 0 Å². The van der Waals surface area contributed by atoms with Crippen molar-refractivity contribution in [2.24, 2.45) is 0 Å². The van der Waals surface area contributed by atoms with Gasteiger partial charge in [-0.2, -0.15) is 0 Å². The number of imidazole rings is 1. The van der Waals surface area contributed by atoms with Gasteiger partial charge in [-0.3, -0.25) is 4.48 Å². The van der Waals surface area contributed by atoms with Crippen molar-refractivity contribution in [3.63, 3.8) is 0 Å². The second-order valence-electron chi connectivity index (χ2n) is 4.48. The Labute approximate surface area is 169 Å². The highest BCUT2D eigenvalue weighted by atomic mass is 16.4. The molecule has 2 atom stereocenters. The first-order chi connectivity index (χ1) is 20.2. The van der Waals surface area contributed by atoms with E-state index < -0.39 is 117 Å². The van der Waals surface area contributed by atoms with Gasteiger partial charge in [-0.25, -0.2) is 4.98 Å². The third-order valence-corrected chi connectivity index (χ3v) is 2.94. The normalized spacial score (nSPS) is 53.8. The first-order valence-electron chi connectivity index (χ1n) is 17.7. The van der Waals surface area contributed by atoms with Crippen LogP contribution in [-0.2, 0) is 6.37 Å². The maximum absolute atomic E-state index is 13.4. The number of aromatic nitrogens is 2. The third kappa shape index (κ3) is 2.63. The maximum Gasteiger partial charge on any atom is 0.258 e. The van der Waals surface area contributed by atoms with Crippen molar-refractivity contribution in [2.45, 2.75) is 57.7 Å². The summed E-state index contributed by atoms with van der Waals surface area (Å²) < 4.78 is 188. The van der Waals surface area contributed by atoms with Gasteiger partial charge in [-0.1, -0.05) is 6.04 Å². The molecule has 1 fully saturated rings. The van der Waals surface area contributed by atoms with Crippen molar-refractivity contribution in [2.75, 3.05) is 6.50 Å². The summed E-state index contributed by atoms with van der Waals surface area (Å²) in [6.07, 6.45) is -24.8. The Morgan fingerprint density at radius 1 is 1.70 bits per heavy atom. The average Bonchev–Trinajstić information content (AvgIpc) is 3.23. The number of carbonyl (C=O) groups excluding carboxylic acids is 1. The molecule has 0 radical (unpaired) electrons. The SMILES string of the molecule is [2H]CC(C([2H])([2H])[2H])(C([2H])([2H])[2H])[N+]1(C(=O)[O-])C([2H])([2H])C([2H])([2H])C([2H])([2H])C([2H])([2H])[C@@]1([2H])C([2H])([2H])c1nc2c([2H])c([2H])c([2H])c([2H])n2c1[2H]. The Balaban J connectivity index is 2.89. The fraction of sp³-hybridized carbons (Fsp3) is 0.556. The number of carbonyl (C=O) groups is 1. The van der Waals surface area contributed by atoms with Crippen molar-refractivity contribution in [3.8, 4) is 0 Å². The molecular formula is C18H25N3O2. The number of rotatable bonds is 2. The summed E-state index contributed by atoms with van der Waals surface area (Å²) in [7, 11) is 0. The van der Waals surface area contributed by atoms with E-state index >= 15 is 0 Å². The van der Waals surface area contributed by atoms with Crippen LogP contribution >= 0.6 is 0 Å². The number of pyridine rings is 1. The molecule has 1 saturated heterocycles. The second-order valence-corrected chi connectivity index (χ2v) is 4.48. The van der Waals surface area contributed by atoms with E-state index in [0.717, 1.165) is 0 Å². The lowest BCUT2D eigenvalue weighted by atomic mass is 9.88. The number of hydrogen-bond acceptors (Lipinski definition) is 3. The molecule has 1 aliphatic rings. The van der Waals surface area contributed by atoms with Crippen LogP contribution in [-0.4, -0.2) is 38.0 Å². The highest BCUT2D eigenvalue weighted by Gasteiger charge is 2.50. The summed E-state index contributed by atoms with van der Waals surface area (Å²) in [5.74, 6) is 0. The van der Waals surface area contributed by atoms with Crippen molar-refractivity contribution < 1.29 is 45.9 Å². The first-order valence-corrected chi connectivity index (χ1v) is 6.02. The predicted octanol–water partition coefficient (Wildman–Crippen LogP) is 2.39. The monoisotopic (exact) mass is 338 g/mol. The number of fused-ring (bicyclic) bond motifs is 1. The third-order valence-electron chi connectivity index (χ3n) is 2.94. The van der Waals surface area contributed by atoms with Crippen LogP contribution in [0.4, 0.5) is 4.79 Å². The smallest absolute Gasteiger partial charge is 0.258 e. The number of nitrogens with zero attached hydrogens (tertiary/aromatic N) is 3.